The second-order valence-corrected chi connectivity index (χ2v) is 5.94. The highest BCUT2D eigenvalue weighted by Gasteiger charge is 2.24. The normalized spacial score (nSPS) is 14.8. The summed E-state index contributed by atoms with van der Waals surface area (Å²) in [5.74, 6) is -0.169. The van der Waals surface area contributed by atoms with E-state index in [-0.39, 0.29) is 11.6 Å². The fourth-order valence-corrected chi connectivity index (χ4v) is 3.41. The SMILES string of the molecule is CN1CCc2c(-c3ccncc3)cc3c(N=O)c(O)[nH]c3c2C1. The molecular formula is C17H16N4O2. The van der Waals surface area contributed by atoms with E-state index in [2.05, 4.69) is 27.1 Å². The number of aromatic hydroxyl groups is 1. The number of nitroso groups, excluding NO2 is 1. The first-order chi connectivity index (χ1) is 11.2. The molecule has 0 bridgehead atoms. The molecule has 3 heterocycles. The Labute approximate surface area is 132 Å². The van der Waals surface area contributed by atoms with Crippen LogP contribution >= 0.6 is 0 Å². The van der Waals surface area contributed by atoms with E-state index in [1.54, 1.807) is 12.4 Å². The third-order valence-electron chi connectivity index (χ3n) is 4.53. The molecule has 3 aromatic rings. The zero-order valence-corrected chi connectivity index (χ0v) is 12.7. The molecule has 4 rings (SSSR count). The number of pyridine rings is 1. The second kappa shape index (κ2) is 5.17. The van der Waals surface area contributed by atoms with Crippen molar-refractivity contribution in [2.75, 3.05) is 13.6 Å². The summed E-state index contributed by atoms with van der Waals surface area (Å²) in [6, 6.07) is 5.86. The molecule has 0 fully saturated rings. The minimum atomic E-state index is -0.169. The van der Waals surface area contributed by atoms with Crippen LogP contribution in [0.3, 0.4) is 0 Å². The highest BCUT2D eigenvalue weighted by Crippen LogP contribution is 2.42. The van der Waals surface area contributed by atoms with Gasteiger partial charge in [-0.05, 0) is 59.1 Å². The lowest BCUT2D eigenvalue weighted by Crippen LogP contribution is -2.27. The Balaban J connectivity index is 2.08. The van der Waals surface area contributed by atoms with Crippen molar-refractivity contribution in [2.45, 2.75) is 13.0 Å². The monoisotopic (exact) mass is 308 g/mol. The van der Waals surface area contributed by atoms with Crippen LogP contribution < -0.4 is 0 Å². The van der Waals surface area contributed by atoms with E-state index >= 15 is 0 Å². The van der Waals surface area contributed by atoms with Crippen LogP contribution in [0.1, 0.15) is 11.1 Å². The fourth-order valence-electron chi connectivity index (χ4n) is 3.41. The molecule has 1 aromatic carbocycles. The van der Waals surface area contributed by atoms with E-state index in [9.17, 15) is 10.0 Å². The van der Waals surface area contributed by atoms with Crippen LogP contribution in [-0.2, 0) is 13.0 Å². The summed E-state index contributed by atoms with van der Waals surface area (Å²) in [4.78, 5) is 20.4. The lowest BCUT2D eigenvalue weighted by atomic mass is 9.89. The average Bonchev–Trinajstić information content (AvgIpc) is 2.90. The quantitative estimate of drug-likeness (QED) is 0.712. The molecule has 0 radical (unpaired) electrons. The largest absolute Gasteiger partial charge is 0.493 e. The Kier molecular flexibility index (Phi) is 3.12. The number of fused-ring (bicyclic) bond motifs is 3. The Morgan fingerprint density at radius 1 is 1.30 bits per heavy atom. The fraction of sp³-hybridized carbons (Fsp3) is 0.235. The number of aromatic amines is 1. The molecule has 0 spiro atoms. The van der Waals surface area contributed by atoms with Crippen LogP contribution in [0.2, 0.25) is 0 Å². The molecule has 1 aliphatic heterocycles. The first-order valence-electron chi connectivity index (χ1n) is 7.50. The second-order valence-electron chi connectivity index (χ2n) is 5.94. The van der Waals surface area contributed by atoms with Crippen molar-refractivity contribution in [3.05, 3.63) is 46.6 Å². The molecule has 0 saturated carbocycles. The van der Waals surface area contributed by atoms with Gasteiger partial charge in [-0.15, -0.1) is 4.91 Å². The number of likely N-dealkylation sites (N-methyl/N-ethyl adjacent to an activating group) is 1. The maximum absolute atomic E-state index is 11.1. The van der Waals surface area contributed by atoms with Gasteiger partial charge in [0.25, 0.3) is 0 Å². The van der Waals surface area contributed by atoms with Crippen LogP contribution in [0.15, 0.2) is 35.8 Å². The van der Waals surface area contributed by atoms with Gasteiger partial charge in [0.2, 0.25) is 5.88 Å². The first kappa shape index (κ1) is 13.9. The predicted molar refractivity (Wildman–Crippen MR) is 88.7 cm³/mol. The third kappa shape index (κ3) is 2.10. The summed E-state index contributed by atoms with van der Waals surface area (Å²) < 4.78 is 0. The number of aromatic nitrogens is 2. The number of nitrogens with one attached hydrogen (secondary N) is 1. The van der Waals surface area contributed by atoms with Crippen molar-refractivity contribution in [1.82, 2.24) is 14.9 Å². The molecule has 0 aliphatic carbocycles. The summed E-state index contributed by atoms with van der Waals surface area (Å²) in [6.45, 7) is 1.74. The van der Waals surface area contributed by atoms with E-state index in [0.717, 1.165) is 41.7 Å². The summed E-state index contributed by atoms with van der Waals surface area (Å²) >= 11 is 0. The number of rotatable bonds is 2. The van der Waals surface area contributed by atoms with Gasteiger partial charge in [0.05, 0.1) is 5.52 Å². The molecule has 1 aliphatic rings. The maximum atomic E-state index is 11.1. The molecule has 0 amide bonds. The number of hydrogen-bond acceptors (Lipinski definition) is 5. The first-order valence-corrected chi connectivity index (χ1v) is 7.50. The molecule has 2 aromatic heterocycles. The van der Waals surface area contributed by atoms with E-state index in [0.29, 0.717) is 5.39 Å². The van der Waals surface area contributed by atoms with Gasteiger partial charge in [-0.1, -0.05) is 0 Å². The molecule has 0 unspecified atom stereocenters. The predicted octanol–water partition coefficient (Wildman–Crippen LogP) is 3.32. The number of hydrogen-bond donors (Lipinski definition) is 2. The minimum Gasteiger partial charge on any atom is -0.493 e. The highest BCUT2D eigenvalue weighted by atomic mass is 16.3. The summed E-state index contributed by atoms with van der Waals surface area (Å²) in [5, 5.41) is 13.7. The Morgan fingerprint density at radius 2 is 2.09 bits per heavy atom. The van der Waals surface area contributed by atoms with Crippen LogP contribution in [0.5, 0.6) is 5.88 Å². The van der Waals surface area contributed by atoms with Crippen molar-refractivity contribution >= 4 is 16.6 Å². The zero-order chi connectivity index (χ0) is 16.0. The van der Waals surface area contributed by atoms with Crippen LogP contribution in [0.25, 0.3) is 22.0 Å². The molecule has 6 heteroatoms. The van der Waals surface area contributed by atoms with E-state index < -0.39 is 0 Å². The third-order valence-corrected chi connectivity index (χ3v) is 4.53. The van der Waals surface area contributed by atoms with Gasteiger partial charge in [-0.3, -0.25) is 4.98 Å². The van der Waals surface area contributed by atoms with Crippen LogP contribution in [0.4, 0.5) is 5.69 Å². The van der Waals surface area contributed by atoms with Gasteiger partial charge >= 0.3 is 0 Å². The summed E-state index contributed by atoms with van der Waals surface area (Å²) in [7, 11) is 2.07. The Morgan fingerprint density at radius 3 is 2.83 bits per heavy atom. The average molecular weight is 308 g/mol. The highest BCUT2D eigenvalue weighted by molar-refractivity contribution is 6.00. The van der Waals surface area contributed by atoms with Crippen LogP contribution in [-0.4, -0.2) is 33.6 Å². The summed E-state index contributed by atoms with van der Waals surface area (Å²) in [5.41, 5.74) is 5.38. The van der Waals surface area contributed by atoms with Crippen molar-refractivity contribution in [1.29, 1.82) is 0 Å². The molecule has 6 nitrogen and oxygen atoms in total. The summed E-state index contributed by atoms with van der Waals surface area (Å²) in [6.07, 6.45) is 4.44. The number of benzene rings is 1. The molecule has 116 valence electrons. The molecule has 2 N–H and O–H groups in total. The van der Waals surface area contributed by atoms with Crippen molar-refractivity contribution in [3.63, 3.8) is 0 Å². The Hall–Kier alpha value is -2.73. The van der Waals surface area contributed by atoms with E-state index in [1.165, 1.54) is 5.56 Å². The Bertz CT molecular complexity index is 902. The van der Waals surface area contributed by atoms with Crippen molar-refractivity contribution in [2.24, 2.45) is 5.18 Å². The van der Waals surface area contributed by atoms with Gasteiger partial charge in [0.15, 0.2) is 5.69 Å². The van der Waals surface area contributed by atoms with E-state index in [1.807, 2.05) is 18.2 Å². The van der Waals surface area contributed by atoms with Gasteiger partial charge in [-0.25, -0.2) is 0 Å². The van der Waals surface area contributed by atoms with E-state index in [4.69, 9.17) is 0 Å². The van der Waals surface area contributed by atoms with Gasteiger partial charge in [0, 0.05) is 30.9 Å². The topological polar surface area (TPSA) is 81.6 Å². The zero-order valence-electron chi connectivity index (χ0n) is 12.7. The van der Waals surface area contributed by atoms with Gasteiger partial charge in [-0.2, -0.15) is 0 Å². The lowest BCUT2D eigenvalue weighted by molar-refractivity contribution is 0.314. The standard InChI is InChI=1S/C17H16N4O2/c1-21-7-4-11-12(10-2-5-18-6-3-10)8-13-15(14(11)9-21)19-17(22)16(13)20-23/h2-3,5-6,8,19,22H,4,7,9H2,1H3. The number of nitrogens with zero attached hydrogens (tertiary/aromatic N) is 3. The van der Waals surface area contributed by atoms with Crippen LogP contribution in [0, 0.1) is 4.91 Å². The maximum Gasteiger partial charge on any atom is 0.219 e. The lowest BCUT2D eigenvalue weighted by Gasteiger charge is -2.27. The van der Waals surface area contributed by atoms with Crippen molar-refractivity contribution in [3.8, 4) is 17.0 Å². The van der Waals surface area contributed by atoms with Gasteiger partial charge in [0.1, 0.15) is 0 Å². The molecular weight excluding hydrogens is 292 g/mol. The van der Waals surface area contributed by atoms with Crippen molar-refractivity contribution < 1.29 is 5.11 Å². The number of H-pyrrole nitrogens is 1. The van der Waals surface area contributed by atoms with Gasteiger partial charge < -0.3 is 15.0 Å². The molecule has 0 atom stereocenters. The molecule has 0 saturated heterocycles. The smallest absolute Gasteiger partial charge is 0.219 e. The minimum absolute atomic E-state index is 0.0753. The molecule has 23 heavy (non-hydrogen) atoms.